The minimum absolute atomic E-state index is 0.202. The summed E-state index contributed by atoms with van der Waals surface area (Å²) >= 11 is 0. The van der Waals surface area contributed by atoms with Crippen molar-refractivity contribution in [1.82, 2.24) is 0 Å². The van der Waals surface area contributed by atoms with Gasteiger partial charge in [-0.1, -0.05) is 24.3 Å². The summed E-state index contributed by atoms with van der Waals surface area (Å²) in [7, 11) is -0.555. The van der Waals surface area contributed by atoms with Crippen LogP contribution in [-0.2, 0) is 15.7 Å². The van der Waals surface area contributed by atoms with E-state index >= 15 is 0 Å². The molecule has 1 saturated heterocycles. The molecule has 0 radical (unpaired) electrons. The fourth-order valence-electron chi connectivity index (χ4n) is 2.98. The van der Waals surface area contributed by atoms with E-state index in [2.05, 4.69) is 0 Å². The van der Waals surface area contributed by atoms with E-state index in [1.807, 2.05) is 27.7 Å². The number of rotatable bonds is 6. The molecule has 0 spiro atoms. The molecule has 148 valence electrons. The third kappa shape index (κ3) is 4.05. The number of ether oxygens (including phenoxy) is 1. The van der Waals surface area contributed by atoms with E-state index in [4.69, 9.17) is 19.8 Å². The van der Waals surface area contributed by atoms with Crippen molar-refractivity contribution < 1.29 is 23.2 Å². The van der Waals surface area contributed by atoms with E-state index < -0.39 is 24.2 Å². The van der Waals surface area contributed by atoms with Crippen LogP contribution in [0.25, 0.3) is 0 Å². The van der Waals surface area contributed by atoms with Crippen LogP contribution in [0.4, 0.5) is 4.39 Å². The monoisotopic (exact) mass is 385 g/mol. The number of carbonyl (C=O) groups excluding carboxylic acids is 1. The van der Waals surface area contributed by atoms with Gasteiger partial charge in [0, 0.05) is 6.42 Å². The van der Waals surface area contributed by atoms with E-state index in [0.29, 0.717) is 23.3 Å². The third-order valence-electron chi connectivity index (χ3n) is 5.38. The molecule has 2 N–H and O–H groups in total. The largest absolute Gasteiger partial charge is 0.494 e. The van der Waals surface area contributed by atoms with Crippen LogP contribution in [0, 0.1) is 5.82 Å². The van der Waals surface area contributed by atoms with Gasteiger partial charge in [0.25, 0.3) is 5.91 Å². The lowest BCUT2D eigenvalue weighted by atomic mass is 9.78. The van der Waals surface area contributed by atoms with Gasteiger partial charge in [0.1, 0.15) is 11.6 Å². The number of nitrogens with two attached hydrogens (primary N) is 1. The molecule has 5 nitrogen and oxygen atoms in total. The van der Waals surface area contributed by atoms with Crippen LogP contribution in [0.1, 0.15) is 43.6 Å². The molecular formula is C21H25BFNO4. The summed E-state index contributed by atoms with van der Waals surface area (Å²) in [5.74, 6) is -0.505. The minimum atomic E-state index is -0.565. The van der Waals surface area contributed by atoms with Crippen LogP contribution >= 0.6 is 0 Å². The van der Waals surface area contributed by atoms with E-state index in [1.54, 1.807) is 36.4 Å². The first-order chi connectivity index (χ1) is 13.1. The van der Waals surface area contributed by atoms with Gasteiger partial charge < -0.3 is 19.8 Å². The van der Waals surface area contributed by atoms with Crippen molar-refractivity contribution in [3.63, 3.8) is 0 Å². The van der Waals surface area contributed by atoms with Gasteiger partial charge in [-0.2, -0.15) is 0 Å². The number of hydrogen-bond donors (Lipinski definition) is 1. The Kier molecular flexibility index (Phi) is 5.50. The first-order valence-electron chi connectivity index (χ1n) is 9.26. The van der Waals surface area contributed by atoms with E-state index in [-0.39, 0.29) is 12.4 Å². The van der Waals surface area contributed by atoms with Crippen molar-refractivity contribution in [3.05, 3.63) is 59.4 Å². The van der Waals surface area contributed by atoms with E-state index in [9.17, 15) is 9.18 Å². The molecular weight excluding hydrogens is 360 g/mol. The number of hydrogen-bond acceptors (Lipinski definition) is 4. The maximum atomic E-state index is 14.3. The Morgan fingerprint density at radius 1 is 1.11 bits per heavy atom. The second kappa shape index (κ2) is 7.56. The molecule has 0 bridgehead atoms. The van der Waals surface area contributed by atoms with Gasteiger partial charge >= 0.3 is 7.12 Å². The van der Waals surface area contributed by atoms with Gasteiger partial charge in [-0.3, -0.25) is 4.79 Å². The lowest BCUT2D eigenvalue weighted by Crippen LogP contribution is -2.41. The van der Waals surface area contributed by atoms with Crippen LogP contribution in [0.3, 0.4) is 0 Å². The smallest absolute Gasteiger partial charge is 0.492 e. The predicted octanol–water partition coefficient (Wildman–Crippen LogP) is 2.85. The molecule has 1 aliphatic heterocycles. The Hall–Kier alpha value is -2.38. The molecule has 0 unspecified atom stereocenters. The molecule has 1 aliphatic rings. The van der Waals surface area contributed by atoms with Gasteiger partial charge in [-0.05, 0) is 56.9 Å². The van der Waals surface area contributed by atoms with Crippen LogP contribution < -0.4 is 15.9 Å². The van der Waals surface area contributed by atoms with E-state index in [0.717, 1.165) is 5.46 Å². The average Bonchev–Trinajstić information content (AvgIpc) is 2.84. The Morgan fingerprint density at radius 2 is 1.75 bits per heavy atom. The molecule has 0 atom stereocenters. The second-order valence-corrected chi connectivity index (χ2v) is 7.90. The Labute approximate surface area is 165 Å². The Balaban J connectivity index is 1.71. The van der Waals surface area contributed by atoms with Gasteiger partial charge in [-0.25, -0.2) is 4.39 Å². The topological polar surface area (TPSA) is 70.8 Å². The summed E-state index contributed by atoms with van der Waals surface area (Å²) in [6, 6.07) is 11.5. The number of halogens is 1. The lowest BCUT2D eigenvalue weighted by molar-refractivity contribution is 0.00578. The Bertz CT molecular complexity index is 868. The first kappa shape index (κ1) is 20.4. The SMILES string of the molecule is CC1(C)OB(c2ccc(F)c(CCOc3ccccc3C(N)=O)c2)OC1(C)C. The highest BCUT2D eigenvalue weighted by atomic mass is 19.1. The van der Waals surface area contributed by atoms with Gasteiger partial charge in [0.05, 0.1) is 23.4 Å². The van der Waals surface area contributed by atoms with Crippen LogP contribution in [-0.4, -0.2) is 30.8 Å². The maximum Gasteiger partial charge on any atom is 0.494 e. The number of carbonyl (C=O) groups is 1. The molecule has 28 heavy (non-hydrogen) atoms. The molecule has 2 aromatic rings. The zero-order chi connectivity index (χ0) is 20.5. The summed E-state index contributed by atoms with van der Waals surface area (Å²) in [6.07, 6.45) is 0.326. The molecule has 1 amide bonds. The fourth-order valence-corrected chi connectivity index (χ4v) is 2.98. The summed E-state index contributed by atoms with van der Waals surface area (Å²) < 4.78 is 32.0. The standard InChI is InChI=1S/C21H25BFNO4/c1-20(2)21(3,4)28-22(27-20)15-9-10-17(23)14(13-15)11-12-26-18-8-6-5-7-16(18)19(24)25/h5-10,13H,11-12H2,1-4H3,(H2,24,25). The van der Waals surface area contributed by atoms with Crippen molar-refractivity contribution in [1.29, 1.82) is 0 Å². The van der Waals surface area contributed by atoms with E-state index in [1.165, 1.54) is 6.07 Å². The number of para-hydroxylation sites is 1. The number of benzene rings is 2. The summed E-state index contributed by atoms with van der Waals surface area (Å²) in [6.45, 7) is 8.10. The predicted molar refractivity (Wildman–Crippen MR) is 106 cm³/mol. The zero-order valence-electron chi connectivity index (χ0n) is 16.6. The molecule has 1 heterocycles. The van der Waals surface area contributed by atoms with Gasteiger partial charge in [-0.15, -0.1) is 0 Å². The van der Waals surface area contributed by atoms with Crippen molar-refractivity contribution in [2.75, 3.05) is 6.61 Å². The van der Waals surface area contributed by atoms with Crippen molar-refractivity contribution in [2.45, 2.75) is 45.3 Å². The van der Waals surface area contributed by atoms with Crippen LogP contribution in [0.5, 0.6) is 5.75 Å². The van der Waals surface area contributed by atoms with Crippen molar-refractivity contribution >= 4 is 18.5 Å². The highest BCUT2D eigenvalue weighted by Gasteiger charge is 2.51. The summed E-state index contributed by atoms with van der Waals surface area (Å²) in [5.41, 5.74) is 5.97. The zero-order valence-corrected chi connectivity index (χ0v) is 16.6. The third-order valence-corrected chi connectivity index (χ3v) is 5.38. The highest BCUT2D eigenvalue weighted by Crippen LogP contribution is 2.36. The molecule has 0 aliphatic carbocycles. The molecule has 0 saturated carbocycles. The molecule has 3 rings (SSSR count). The molecule has 7 heteroatoms. The molecule has 1 fully saturated rings. The fraction of sp³-hybridized carbons (Fsp3) is 0.381. The number of amides is 1. The quantitative estimate of drug-likeness (QED) is 0.777. The van der Waals surface area contributed by atoms with Crippen LogP contribution in [0.2, 0.25) is 0 Å². The first-order valence-corrected chi connectivity index (χ1v) is 9.26. The van der Waals surface area contributed by atoms with Crippen molar-refractivity contribution in [3.8, 4) is 5.75 Å². The second-order valence-electron chi connectivity index (χ2n) is 7.90. The minimum Gasteiger partial charge on any atom is -0.492 e. The summed E-state index contributed by atoms with van der Waals surface area (Å²) in [5, 5.41) is 0. The van der Waals surface area contributed by atoms with Gasteiger partial charge in [0.15, 0.2) is 0 Å². The molecule has 0 aromatic heterocycles. The number of primary amides is 1. The van der Waals surface area contributed by atoms with Crippen molar-refractivity contribution in [2.24, 2.45) is 5.73 Å². The average molecular weight is 385 g/mol. The lowest BCUT2D eigenvalue weighted by Gasteiger charge is -2.32. The summed E-state index contributed by atoms with van der Waals surface area (Å²) in [4.78, 5) is 11.5. The van der Waals surface area contributed by atoms with Gasteiger partial charge in [0.2, 0.25) is 0 Å². The normalized spacial score (nSPS) is 17.5. The molecule has 2 aromatic carbocycles. The highest BCUT2D eigenvalue weighted by molar-refractivity contribution is 6.62. The maximum absolute atomic E-state index is 14.3. The Morgan fingerprint density at radius 3 is 2.39 bits per heavy atom. The van der Waals surface area contributed by atoms with Crippen LogP contribution in [0.15, 0.2) is 42.5 Å².